The lowest BCUT2D eigenvalue weighted by molar-refractivity contribution is -0.116. The summed E-state index contributed by atoms with van der Waals surface area (Å²) in [7, 11) is 0. The predicted molar refractivity (Wildman–Crippen MR) is 115 cm³/mol. The average molecular weight is 400 g/mol. The molecule has 2 aromatic rings. The second kappa shape index (κ2) is 8.53. The van der Waals surface area contributed by atoms with E-state index < -0.39 is 0 Å². The van der Waals surface area contributed by atoms with Gasteiger partial charge in [0.05, 0.1) is 11.5 Å². The molecule has 0 bridgehead atoms. The number of hydrogen-bond donors (Lipinski definition) is 1. The van der Waals surface area contributed by atoms with Gasteiger partial charge in [-0.3, -0.25) is 4.79 Å². The number of aryl methyl sites for hydroxylation is 1. The number of ether oxygens (including phenoxy) is 1. The Kier molecular flexibility index (Phi) is 5.89. The fourth-order valence-electron chi connectivity index (χ4n) is 3.70. The third kappa shape index (κ3) is 4.25. The van der Waals surface area contributed by atoms with E-state index in [1.807, 2.05) is 30.4 Å². The number of thioether (sulfide) groups is 1. The molecule has 0 fully saturated rings. The van der Waals surface area contributed by atoms with Gasteiger partial charge in [-0.2, -0.15) is 0 Å². The number of carbonyl (C=O) groups excluding carboxylic acids is 1. The van der Waals surface area contributed by atoms with E-state index in [0.717, 1.165) is 22.8 Å². The van der Waals surface area contributed by atoms with Crippen molar-refractivity contribution in [3.05, 3.63) is 55.6 Å². The van der Waals surface area contributed by atoms with Crippen LogP contribution in [-0.2, 0) is 29.8 Å². The SMILES string of the molecule is CCOc1ccc(CCNC(=O)C2=Cc3sc4c(c3CS2)CCCC4)cc1. The van der Waals surface area contributed by atoms with E-state index in [4.69, 9.17) is 4.74 Å². The first kappa shape index (κ1) is 18.6. The summed E-state index contributed by atoms with van der Waals surface area (Å²) in [5.41, 5.74) is 4.28. The summed E-state index contributed by atoms with van der Waals surface area (Å²) in [4.78, 5) is 16.3. The Morgan fingerprint density at radius 2 is 1.96 bits per heavy atom. The molecule has 0 saturated carbocycles. The molecule has 1 N–H and O–H groups in total. The van der Waals surface area contributed by atoms with Crippen LogP contribution in [0.3, 0.4) is 0 Å². The highest BCUT2D eigenvalue weighted by Crippen LogP contribution is 2.42. The summed E-state index contributed by atoms with van der Waals surface area (Å²) < 4.78 is 5.46. The summed E-state index contributed by atoms with van der Waals surface area (Å²) in [6.45, 7) is 3.31. The maximum atomic E-state index is 12.6. The molecule has 1 aliphatic carbocycles. The van der Waals surface area contributed by atoms with E-state index in [-0.39, 0.29) is 5.91 Å². The second-order valence-electron chi connectivity index (χ2n) is 6.93. The van der Waals surface area contributed by atoms with E-state index in [9.17, 15) is 4.79 Å². The first-order valence-electron chi connectivity index (χ1n) is 9.72. The first-order chi connectivity index (χ1) is 13.2. The maximum absolute atomic E-state index is 12.6. The maximum Gasteiger partial charge on any atom is 0.257 e. The number of rotatable bonds is 6. The first-order valence-corrected chi connectivity index (χ1v) is 11.5. The average Bonchev–Trinajstić information content (AvgIpc) is 3.07. The van der Waals surface area contributed by atoms with Gasteiger partial charge in [-0.15, -0.1) is 23.1 Å². The van der Waals surface area contributed by atoms with Crippen LogP contribution < -0.4 is 10.1 Å². The zero-order valence-electron chi connectivity index (χ0n) is 15.7. The summed E-state index contributed by atoms with van der Waals surface area (Å²) >= 11 is 3.59. The normalized spacial score (nSPS) is 15.5. The van der Waals surface area contributed by atoms with E-state index in [0.29, 0.717) is 13.2 Å². The van der Waals surface area contributed by atoms with Crippen LogP contribution in [0.25, 0.3) is 6.08 Å². The molecule has 0 saturated heterocycles. The van der Waals surface area contributed by atoms with Crippen molar-refractivity contribution < 1.29 is 9.53 Å². The topological polar surface area (TPSA) is 38.3 Å². The smallest absolute Gasteiger partial charge is 0.257 e. The van der Waals surface area contributed by atoms with Gasteiger partial charge >= 0.3 is 0 Å². The van der Waals surface area contributed by atoms with E-state index in [1.54, 1.807) is 22.2 Å². The molecule has 27 heavy (non-hydrogen) atoms. The van der Waals surface area contributed by atoms with Crippen LogP contribution in [0.4, 0.5) is 0 Å². The molecule has 4 rings (SSSR count). The van der Waals surface area contributed by atoms with Crippen molar-refractivity contribution in [2.24, 2.45) is 0 Å². The third-order valence-corrected chi connectivity index (χ3v) is 7.43. The van der Waals surface area contributed by atoms with Crippen LogP contribution in [0.15, 0.2) is 29.2 Å². The highest BCUT2D eigenvalue weighted by molar-refractivity contribution is 8.03. The Hall–Kier alpha value is -1.72. The molecule has 5 heteroatoms. The lowest BCUT2D eigenvalue weighted by Gasteiger charge is -2.16. The lowest BCUT2D eigenvalue weighted by atomic mass is 9.95. The second-order valence-corrected chi connectivity index (χ2v) is 9.09. The molecular formula is C22H25NO2S2. The molecule has 1 aromatic carbocycles. The Balaban J connectivity index is 1.34. The monoisotopic (exact) mass is 399 g/mol. The number of fused-ring (bicyclic) bond motifs is 3. The van der Waals surface area contributed by atoms with Gasteiger partial charge in [0.15, 0.2) is 0 Å². The number of nitrogens with one attached hydrogen (secondary N) is 1. The Morgan fingerprint density at radius 3 is 2.78 bits per heavy atom. The number of hydrogen-bond acceptors (Lipinski definition) is 4. The molecule has 0 spiro atoms. The molecule has 2 heterocycles. The fourth-order valence-corrected chi connectivity index (χ4v) is 6.25. The number of thiophene rings is 1. The predicted octanol–water partition coefficient (Wildman–Crippen LogP) is 4.97. The van der Waals surface area contributed by atoms with Crippen LogP contribution in [0.5, 0.6) is 5.75 Å². The molecule has 3 nitrogen and oxygen atoms in total. The molecule has 2 aliphatic rings. The van der Waals surface area contributed by atoms with Gasteiger partial charge in [-0.1, -0.05) is 12.1 Å². The van der Waals surface area contributed by atoms with Gasteiger partial charge in [0.2, 0.25) is 0 Å². The summed E-state index contributed by atoms with van der Waals surface area (Å²) in [5, 5.41) is 3.08. The molecule has 1 aromatic heterocycles. The summed E-state index contributed by atoms with van der Waals surface area (Å²) in [6.07, 6.45) is 7.99. The Morgan fingerprint density at radius 1 is 1.15 bits per heavy atom. The van der Waals surface area contributed by atoms with E-state index >= 15 is 0 Å². The highest BCUT2D eigenvalue weighted by atomic mass is 32.2. The third-order valence-electron chi connectivity index (χ3n) is 5.10. The fraction of sp³-hybridized carbons (Fsp3) is 0.409. The minimum absolute atomic E-state index is 0.0583. The van der Waals surface area contributed by atoms with Gasteiger partial charge in [0.25, 0.3) is 5.91 Å². The lowest BCUT2D eigenvalue weighted by Crippen LogP contribution is -2.26. The number of carbonyl (C=O) groups is 1. The van der Waals surface area contributed by atoms with Gasteiger partial charge in [0, 0.05) is 22.1 Å². The van der Waals surface area contributed by atoms with Crippen molar-refractivity contribution in [1.29, 1.82) is 0 Å². The molecule has 0 unspecified atom stereocenters. The Bertz CT molecular complexity index is 852. The van der Waals surface area contributed by atoms with Crippen molar-refractivity contribution >= 4 is 35.1 Å². The van der Waals surface area contributed by atoms with Crippen LogP contribution in [0.2, 0.25) is 0 Å². The van der Waals surface area contributed by atoms with E-state index in [1.165, 1.54) is 41.7 Å². The van der Waals surface area contributed by atoms with Crippen molar-refractivity contribution in [2.45, 2.75) is 44.8 Å². The molecule has 1 aliphatic heterocycles. The summed E-state index contributed by atoms with van der Waals surface area (Å²) in [6, 6.07) is 8.10. The number of amides is 1. The van der Waals surface area contributed by atoms with E-state index in [2.05, 4.69) is 23.5 Å². The molecule has 0 atom stereocenters. The molecular weight excluding hydrogens is 374 g/mol. The van der Waals surface area contributed by atoms with Crippen LogP contribution in [-0.4, -0.2) is 19.1 Å². The Labute approximate surface area is 169 Å². The molecule has 142 valence electrons. The minimum Gasteiger partial charge on any atom is -0.494 e. The van der Waals surface area contributed by atoms with Gasteiger partial charge in [0.1, 0.15) is 5.75 Å². The minimum atomic E-state index is 0.0583. The van der Waals surface area contributed by atoms with Gasteiger partial charge in [-0.25, -0.2) is 0 Å². The van der Waals surface area contributed by atoms with Crippen molar-refractivity contribution in [3.63, 3.8) is 0 Å². The molecule has 0 radical (unpaired) electrons. The van der Waals surface area contributed by atoms with Crippen LogP contribution >= 0.6 is 23.1 Å². The quantitative estimate of drug-likeness (QED) is 0.745. The largest absolute Gasteiger partial charge is 0.494 e. The van der Waals surface area contributed by atoms with Crippen LogP contribution in [0.1, 0.15) is 46.2 Å². The molecule has 1 amide bonds. The van der Waals surface area contributed by atoms with Gasteiger partial charge < -0.3 is 10.1 Å². The zero-order chi connectivity index (χ0) is 18.6. The highest BCUT2D eigenvalue weighted by Gasteiger charge is 2.24. The standard InChI is InChI=1S/C22H25NO2S2/c1-2-25-16-9-7-15(8-10-16)11-12-23-22(24)21-13-20-18(14-26-21)17-5-3-4-6-19(17)27-20/h7-10,13H,2-6,11-12,14H2,1H3,(H,23,24). The van der Waals surface area contributed by atoms with Crippen molar-refractivity contribution in [1.82, 2.24) is 5.32 Å². The van der Waals surface area contributed by atoms with Gasteiger partial charge in [-0.05, 0) is 73.9 Å². The number of benzene rings is 1. The zero-order valence-corrected chi connectivity index (χ0v) is 17.3. The summed E-state index contributed by atoms with van der Waals surface area (Å²) in [5.74, 6) is 1.89. The van der Waals surface area contributed by atoms with Crippen molar-refractivity contribution in [2.75, 3.05) is 13.2 Å². The van der Waals surface area contributed by atoms with Crippen molar-refractivity contribution in [3.8, 4) is 5.75 Å². The van der Waals surface area contributed by atoms with Crippen LogP contribution in [0, 0.1) is 0 Å².